The van der Waals surface area contributed by atoms with E-state index in [-0.39, 0.29) is 0 Å². The van der Waals surface area contributed by atoms with Crippen molar-refractivity contribution in [3.8, 4) is 0 Å². The summed E-state index contributed by atoms with van der Waals surface area (Å²) in [5, 5.41) is 50.8. The van der Waals surface area contributed by atoms with E-state index in [1.165, 1.54) is 21.3 Å². The van der Waals surface area contributed by atoms with Gasteiger partial charge in [0, 0.05) is 34.9 Å². The maximum Gasteiger partial charge on any atom is 0.387 e. The Morgan fingerprint density at radius 3 is 0.907 bits per heavy atom. The van der Waals surface area contributed by atoms with E-state index in [2.05, 4.69) is 29.1 Å². The average Bonchev–Trinajstić information content (AvgIpc) is 3.00. The molecule has 3 rings (SSSR count). The highest BCUT2D eigenvalue weighted by atomic mass is 16.5. The molecule has 0 aliphatic carbocycles. The highest BCUT2D eigenvalue weighted by molar-refractivity contribution is 6.24. The molecule has 0 aromatic heterocycles. The maximum absolute atomic E-state index is 11.0. The molecule has 3 aromatic rings. The van der Waals surface area contributed by atoms with Crippen molar-refractivity contribution in [2.24, 2.45) is 0 Å². The zero-order valence-corrected chi connectivity index (χ0v) is 24.1. The molecular weight excluding hydrogens is 563 g/mol. The summed E-state index contributed by atoms with van der Waals surface area (Å²) in [5.41, 5.74) is 4.89. The Kier molecular flexibility index (Phi) is 16.8. The number of rotatable bonds is 3. The first-order chi connectivity index (χ1) is 20.3. The fraction of sp³-hybridized carbons (Fsp3) is 0.222. The zero-order chi connectivity index (χ0) is 33.1. The lowest BCUT2D eigenvalue weighted by atomic mass is 10.1. The molecule has 0 N–H and O–H groups in total. The van der Waals surface area contributed by atoms with Crippen LogP contribution in [-0.4, -0.2) is 46.6 Å². The SMILES string of the molecule is COC(=O)c1ccc([N+]#N)c(C)c1.COC(=O)c1ccc([N+]#N)c(C)c1.COC(=O)c1ccc([N+]#N)c(C)c1.[O-]B([O-])[O-]. The van der Waals surface area contributed by atoms with Crippen LogP contribution >= 0.6 is 0 Å². The fourth-order valence-electron chi connectivity index (χ4n) is 3.04. The summed E-state index contributed by atoms with van der Waals surface area (Å²) in [5.74, 6) is -1.19. The van der Waals surface area contributed by atoms with Crippen molar-refractivity contribution in [2.75, 3.05) is 21.3 Å². The molecule has 222 valence electrons. The molecule has 0 fully saturated rings. The number of nitrogens with zero attached hydrogens (tertiary/aromatic N) is 6. The van der Waals surface area contributed by atoms with Crippen LogP contribution in [0.2, 0.25) is 0 Å². The summed E-state index contributed by atoms with van der Waals surface area (Å²) < 4.78 is 13.6. The molecule has 0 unspecified atom stereocenters. The zero-order valence-electron chi connectivity index (χ0n) is 24.1. The van der Waals surface area contributed by atoms with Crippen molar-refractivity contribution in [3.63, 3.8) is 0 Å². The fourth-order valence-corrected chi connectivity index (χ4v) is 3.04. The van der Waals surface area contributed by atoms with Crippen molar-refractivity contribution in [3.05, 3.63) is 103 Å². The van der Waals surface area contributed by atoms with Crippen molar-refractivity contribution < 1.29 is 43.7 Å². The smallest absolute Gasteiger partial charge is 0.387 e. The third kappa shape index (κ3) is 13.0. The number of esters is 3. The third-order valence-electron chi connectivity index (χ3n) is 5.18. The van der Waals surface area contributed by atoms with Crippen LogP contribution in [0.25, 0.3) is 14.9 Å². The predicted molar refractivity (Wildman–Crippen MR) is 148 cm³/mol. The molecule has 0 aliphatic rings. The first-order valence-electron chi connectivity index (χ1n) is 11.9. The Hall–Kier alpha value is -5.73. The average molecular weight is 590 g/mol. The second-order valence-electron chi connectivity index (χ2n) is 8.07. The minimum absolute atomic E-state index is 0.396. The van der Waals surface area contributed by atoms with Crippen LogP contribution in [0, 0.1) is 36.9 Å². The number of diazo groups is 3. The van der Waals surface area contributed by atoms with Crippen LogP contribution in [0.5, 0.6) is 0 Å². The molecule has 0 saturated carbocycles. The minimum Gasteiger partial charge on any atom is -0.907 e. The van der Waals surface area contributed by atoms with Crippen molar-refractivity contribution in [2.45, 2.75) is 20.8 Å². The van der Waals surface area contributed by atoms with Gasteiger partial charge in [-0.25, -0.2) is 14.4 Å². The molecule has 3 aromatic carbocycles. The molecule has 0 aliphatic heterocycles. The molecule has 0 bridgehead atoms. The summed E-state index contributed by atoms with van der Waals surface area (Å²) in [6.45, 7) is 5.25. The number of carbonyl (C=O) groups excluding carboxylic acids is 3. The molecule has 0 heterocycles. The molecule has 43 heavy (non-hydrogen) atoms. The van der Waals surface area contributed by atoms with Gasteiger partial charge in [0.1, 0.15) is 0 Å². The lowest BCUT2D eigenvalue weighted by Gasteiger charge is -2.35. The van der Waals surface area contributed by atoms with Gasteiger partial charge >= 0.3 is 35.0 Å². The summed E-state index contributed by atoms with van der Waals surface area (Å²) >= 11 is 0. The van der Waals surface area contributed by atoms with Gasteiger partial charge in [0.05, 0.1) is 38.0 Å². The van der Waals surface area contributed by atoms with Gasteiger partial charge < -0.3 is 29.3 Å². The first kappa shape index (κ1) is 37.3. The van der Waals surface area contributed by atoms with Crippen LogP contribution in [0.4, 0.5) is 17.1 Å². The van der Waals surface area contributed by atoms with Gasteiger partial charge in [-0.05, 0) is 57.2 Å². The van der Waals surface area contributed by atoms with E-state index in [1.807, 2.05) is 0 Å². The Labute approximate surface area is 247 Å². The summed E-state index contributed by atoms with van der Waals surface area (Å²) in [7, 11) is 1.05. The third-order valence-corrected chi connectivity index (χ3v) is 5.18. The number of benzene rings is 3. The second-order valence-corrected chi connectivity index (χ2v) is 8.07. The molecule has 15 nitrogen and oxygen atoms in total. The van der Waals surface area contributed by atoms with E-state index in [4.69, 9.17) is 31.3 Å². The molecular formula is C27H27BN6O9. The number of carbonyl (C=O) groups is 3. The van der Waals surface area contributed by atoms with Crippen molar-refractivity contribution in [1.29, 1.82) is 16.2 Å². The van der Waals surface area contributed by atoms with Gasteiger partial charge in [0.2, 0.25) is 16.2 Å². The second kappa shape index (κ2) is 19.4. The number of hydrogen-bond donors (Lipinski definition) is 0. The largest absolute Gasteiger partial charge is 0.907 e. The van der Waals surface area contributed by atoms with Gasteiger partial charge in [-0.15, -0.1) is 0 Å². The van der Waals surface area contributed by atoms with Gasteiger partial charge in [-0.1, -0.05) is 0 Å². The number of hydrogen-bond acceptors (Lipinski definition) is 12. The lowest BCUT2D eigenvalue weighted by molar-refractivity contribution is -0.479. The minimum atomic E-state index is -2.92. The summed E-state index contributed by atoms with van der Waals surface area (Å²) in [6.07, 6.45) is 0. The van der Waals surface area contributed by atoms with E-state index >= 15 is 0 Å². The maximum atomic E-state index is 11.0. The van der Waals surface area contributed by atoms with E-state index < -0.39 is 25.2 Å². The summed E-state index contributed by atoms with van der Waals surface area (Å²) in [4.78, 5) is 42.3. The van der Waals surface area contributed by atoms with Crippen LogP contribution in [0.15, 0.2) is 54.6 Å². The van der Waals surface area contributed by atoms with Gasteiger partial charge in [-0.2, -0.15) is 0 Å². The molecule has 0 atom stereocenters. The summed E-state index contributed by atoms with van der Waals surface area (Å²) in [6, 6.07) is 14.2. The van der Waals surface area contributed by atoms with Crippen LogP contribution in [0.1, 0.15) is 47.8 Å². The number of ether oxygens (including phenoxy) is 3. The van der Waals surface area contributed by atoms with Gasteiger partial charge in [0.25, 0.3) is 0 Å². The number of methoxy groups -OCH3 is 3. The standard InChI is InChI=1S/3C9H9N2O2.BO3/c3*1-6-5-7(9(12)13-2)3-4-8(6)11-10;2-1(3)4/h3*3-5H,1-2H3;/q3*+1;-3. The Bertz CT molecular complexity index is 1380. The highest BCUT2D eigenvalue weighted by Gasteiger charge is 2.15. The van der Waals surface area contributed by atoms with E-state index in [1.54, 1.807) is 75.4 Å². The van der Waals surface area contributed by atoms with E-state index in [9.17, 15) is 14.4 Å². The topological polar surface area (TPSA) is 233 Å². The Balaban J connectivity index is 0.000000578. The van der Waals surface area contributed by atoms with Crippen LogP contribution in [-0.2, 0) is 14.2 Å². The molecule has 16 heteroatoms. The molecule has 0 saturated heterocycles. The normalized spacial score (nSPS) is 8.79. The Morgan fingerprint density at radius 1 is 0.558 bits per heavy atom. The van der Waals surface area contributed by atoms with Gasteiger partial charge in [0.15, 0.2) is 14.9 Å². The van der Waals surface area contributed by atoms with E-state index in [0.29, 0.717) is 33.8 Å². The van der Waals surface area contributed by atoms with Crippen LogP contribution < -0.4 is 15.1 Å². The molecule has 0 spiro atoms. The van der Waals surface area contributed by atoms with Crippen LogP contribution in [0.3, 0.4) is 0 Å². The first-order valence-corrected chi connectivity index (χ1v) is 11.9. The highest BCUT2D eigenvalue weighted by Crippen LogP contribution is 2.21. The molecule has 0 amide bonds. The van der Waals surface area contributed by atoms with E-state index in [0.717, 1.165) is 16.7 Å². The number of aryl methyl sites for hydroxylation is 3. The monoisotopic (exact) mass is 590 g/mol. The molecule has 0 radical (unpaired) electrons. The Morgan fingerprint density at radius 2 is 0.767 bits per heavy atom. The lowest BCUT2D eigenvalue weighted by Crippen LogP contribution is -2.56. The van der Waals surface area contributed by atoms with Crippen molar-refractivity contribution >= 4 is 42.3 Å². The predicted octanol–water partition coefficient (Wildman–Crippen LogP) is 2.85. The quantitative estimate of drug-likeness (QED) is 0.185. The van der Waals surface area contributed by atoms with Crippen molar-refractivity contribution in [1.82, 2.24) is 0 Å². The van der Waals surface area contributed by atoms with Gasteiger partial charge in [-0.3, -0.25) is 7.32 Å².